The lowest BCUT2D eigenvalue weighted by molar-refractivity contribution is -0.136. The van der Waals surface area contributed by atoms with Gasteiger partial charge in [0.2, 0.25) is 0 Å². The molecule has 0 radical (unpaired) electrons. The Morgan fingerprint density at radius 1 is 1.33 bits per heavy atom. The molecule has 1 atom stereocenters. The number of ether oxygens (including phenoxy) is 2. The van der Waals surface area contributed by atoms with Crippen molar-refractivity contribution >= 4 is 15.8 Å². The predicted molar refractivity (Wildman–Crippen MR) is 76.4 cm³/mol. The summed E-state index contributed by atoms with van der Waals surface area (Å²) in [4.78, 5) is 10.6. The molecule has 0 aromatic heterocycles. The van der Waals surface area contributed by atoms with E-state index in [1.54, 1.807) is 18.2 Å². The first-order chi connectivity index (χ1) is 9.94. The summed E-state index contributed by atoms with van der Waals surface area (Å²) in [5, 5.41) is 7.67. The average Bonchev–Trinajstić information content (AvgIpc) is 2.45. The maximum absolute atomic E-state index is 12.2. The van der Waals surface area contributed by atoms with Crippen LogP contribution in [0.4, 0.5) is 0 Å². The molecule has 0 saturated carbocycles. The molecule has 0 aliphatic carbocycles. The van der Waals surface area contributed by atoms with E-state index in [0.29, 0.717) is 30.3 Å². The van der Waals surface area contributed by atoms with Crippen molar-refractivity contribution in [3.8, 4) is 11.5 Å². The number of hydrogen-bond acceptors (Lipinski definition) is 5. The maximum atomic E-state index is 12.2. The molecule has 1 aromatic carbocycles. The molecule has 1 aliphatic heterocycles. The minimum atomic E-state index is -3.64. The first-order valence-electron chi connectivity index (χ1n) is 6.39. The van der Waals surface area contributed by atoms with Crippen LogP contribution in [0.25, 0.3) is 0 Å². The lowest BCUT2D eigenvalue weighted by atomic mass is 10.1. The van der Waals surface area contributed by atoms with Crippen molar-refractivity contribution in [1.82, 2.24) is 0 Å². The Hall–Kier alpha value is -2.02. The number of rotatable bonds is 6. The molecule has 6 nitrogen and oxygen atoms in total. The zero-order valence-corrected chi connectivity index (χ0v) is 12.1. The van der Waals surface area contributed by atoms with Crippen LogP contribution in [0.5, 0.6) is 11.5 Å². The average molecular weight is 312 g/mol. The van der Waals surface area contributed by atoms with Crippen LogP contribution in [0, 0.1) is 0 Å². The summed E-state index contributed by atoms with van der Waals surface area (Å²) in [5.74, 6) is -0.536. The lowest BCUT2D eigenvalue weighted by Gasteiger charge is -2.21. The van der Waals surface area contributed by atoms with Gasteiger partial charge < -0.3 is 14.6 Å². The van der Waals surface area contributed by atoms with Gasteiger partial charge in [-0.05, 0) is 17.7 Å². The highest BCUT2D eigenvalue weighted by atomic mass is 32.2. The molecule has 1 aliphatic rings. The molecule has 0 bridgehead atoms. The molecular formula is C14H16O6S. The van der Waals surface area contributed by atoms with E-state index in [9.17, 15) is 13.2 Å². The normalized spacial score (nSPS) is 15.2. The summed E-state index contributed by atoms with van der Waals surface area (Å²) in [7, 11) is -3.64. The zero-order valence-electron chi connectivity index (χ0n) is 11.3. The number of aliphatic carboxylic acids is 1. The van der Waals surface area contributed by atoms with Gasteiger partial charge in [-0.2, -0.15) is 0 Å². The zero-order chi connectivity index (χ0) is 15.5. The van der Waals surface area contributed by atoms with E-state index >= 15 is 0 Å². The number of carboxylic acids is 1. The van der Waals surface area contributed by atoms with Crippen molar-refractivity contribution in [2.75, 3.05) is 19.0 Å². The van der Waals surface area contributed by atoms with Crippen LogP contribution >= 0.6 is 0 Å². The molecule has 114 valence electrons. The van der Waals surface area contributed by atoms with Crippen molar-refractivity contribution in [3.05, 3.63) is 36.4 Å². The van der Waals surface area contributed by atoms with Crippen LogP contribution in [0.3, 0.4) is 0 Å². The van der Waals surface area contributed by atoms with E-state index in [1.165, 1.54) is 6.08 Å². The number of benzene rings is 1. The molecule has 2 rings (SSSR count). The Balaban J connectivity index is 2.28. The third-order valence-electron chi connectivity index (χ3n) is 3.10. The van der Waals surface area contributed by atoms with E-state index in [1.807, 2.05) is 0 Å². The number of carbonyl (C=O) groups is 1. The lowest BCUT2D eigenvalue weighted by Crippen LogP contribution is -2.19. The van der Waals surface area contributed by atoms with Crippen LogP contribution in [0.1, 0.15) is 17.2 Å². The number of hydrogen-bond donors (Lipinski definition) is 1. The standard InChI is InChI=1S/C14H16O6S/c1-2-13(21(17,18)8-5-14(15)16)10-3-4-11-12(9-10)20-7-6-19-11/h2-4,9,13H,1,5-8H2,(H,15,16). The van der Waals surface area contributed by atoms with Gasteiger partial charge in [-0.15, -0.1) is 6.58 Å². The smallest absolute Gasteiger partial charge is 0.304 e. The molecule has 21 heavy (non-hydrogen) atoms. The topological polar surface area (TPSA) is 89.9 Å². The molecule has 7 heteroatoms. The predicted octanol–water partition coefficient (Wildman–Crippen LogP) is 1.57. The first-order valence-corrected chi connectivity index (χ1v) is 8.11. The second-order valence-corrected chi connectivity index (χ2v) is 6.81. The third-order valence-corrected chi connectivity index (χ3v) is 5.11. The van der Waals surface area contributed by atoms with Crippen LogP contribution in [-0.4, -0.2) is 38.5 Å². The number of carboxylic acid groups (broad SMARTS) is 1. The number of sulfone groups is 1. The molecule has 0 amide bonds. The summed E-state index contributed by atoms with van der Waals surface area (Å²) in [6.07, 6.45) is 0.861. The van der Waals surface area contributed by atoms with E-state index in [2.05, 4.69) is 6.58 Å². The van der Waals surface area contributed by atoms with Crippen LogP contribution in [0.15, 0.2) is 30.9 Å². The third kappa shape index (κ3) is 3.55. The van der Waals surface area contributed by atoms with E-state index in [4.69, 9.17) is 14.6 Å². The highest BCUT2D eigenvalue weighted by Crippen LogP contribution is 2.35. The molecular weight excluding hydrogens is 296 g/mol. The van der Waals surface area contributed by atoms with Crippen LogP contribution < -0.4 is 9.47 Å². The monoisotopic (exact) mass is 312 g/mol. The summed E-state index contributed by atoms with van der Waals surface area (Å²) in [5.41, 5.74) is 0.486. The van der Waals surface area contributed by atoms with Crippen molar-refractivity contribution in [2.24, 2.45) is 0 Å². The Morgan fingerprint density at radius 3 is 2.62 bits per heavy atom. The van der Waals surface area contributed by atoms with Crippen LogP contribution in [0.2, 0.25) is 0 Å². The first kappa shape index (κ1) is 15.4. The summed E-state index contributed by atoms with van der Waals surface area (Å²) in [6.45, 7) is 4.40. The Morgan fingerprint density at radius 2 is 2.00 bits per heavy atom. The van der Waals surface area contributed by atoms with Gasteiger partial charge in [0.15, 0.2) is 21.3 Å². The van der Waals surface area contributed by atoms with E-state index < -0.39 is 33.2 Å². The van der Waals surface area contributed by atoms with Gasteiger partial charge >= 0.3 is 5.97 Å². The van der Waals surface area contributed by atoms with Gasteiger partial charge in [0.25, 0.3) is 0 Å². The van der Waals surface area contributed by atoms with Crippen molar-refractivity contribution in [2.45, 2.75) is 11.7 Å². The van der Waals surface area contributed by atoms with Gasteiger partial charge in [0.05, 0.1) is 12.2 Å². The second-order valence-electron chi connectivity index (χ2n) is 4.57. The molecule has 0 fully saturated rings. The highest BCUT2D eigenvalue weighted by molar-refractivity contribution is 7.91. The molecule has 0 spiro atoms. The minimum absolute atomic E-state index is 0.404. The fourth-order valence-electron chi connectivity index (χ4n) is 2.08. The second kappa shape index (κ2) is 6.17. The molecule has 1 N–H and O–H groups in total. The maximum Gasteiger partial charge on any atom is 0.304 e. The van der Waals surface area contributed by atoms with Gasteiger partial charge in [-0.25, -0.2) is 8.42 Å². The van der Waals surface area contributed by atoms with Crippen molar-refractivity contribution < 1.29 is 27.8 Å². The minimum Gasteiger partial charge on any atom is -0.486 e. The van der Waals surface area contributed by atoms with Crippen molar-refractivity contribution in [3.63, 3.8) is 0 Å². The molecule has 1 aromatic rings. The molecule has 1 unspecified atom stereocenters. The van der Waals surface area contributed by atoms with Crippen LogP contribution in [-0.2, 0) is 14.6 Å². The summed E-state index contributed by atoms with van der Waals surface area (Å²) >= 11 is 0. The highest BCUT2D eigenvalue weighted by Gasteiger charge is 2.26. The van der Waals surface area contributed by atoms with E-state index in [0.717, 1.165) is 0 Å². The van der Waals surface area contributed by atoms with Gasteiger partial charge in [-0.1, -0.05) is 12.1 Å². The largest absolute Gasteiger partial charge is 0.486 e. The van der Waals surface area contributed by atoms with Gasteiger partial charge in [0, 0.05) is 0 Å². The Kier molecular flexibility index (Phi) is 4.52. The van der Waals surface area contributed by atoms with Gasteiger partial charge in [0.1, 0.15) is 18.5 Å². The number of fused-ring (bicyclic) bond motifs is 1. The molecule has 1 heterocycles. The van der Waals surface area contributed by atoms with Crippen molar-refractivity contribution in [1.29, 1.82) is 0 Å². The quantitative estimate of drug-likeness (QED) is 0.802. The van der Waals surface area contributed by atoms with E-state index in [-0.39, 0.29) is 0 Å². The fourth-order valence-corrected chi connectivity index (χ4v) is 3.65. The van der Waals surface area contributed by atoms with Gasteiger partial charge in [-0.3, -0.25) is 4.79 Å². The molecule has 0 saturated heterocycles. The Bertz CT molecular complexity index is 649. The summed E-state index contributed by atoms with van der Waals surface area (Å²) in [6, 6.07) is 4.87. The SMILES string of the molecule is C=CC(c1ccc2c(c1)OCCO2)S(=O)(=O)CCC(=O)O. The fraction of sp³-hybridized carbons (Fsp3) is 0.357. The Labute approximate surface area is 122 Å². The summed E-state index contributed by atoms with van der Waals surface area (Å²) < 4.78 is 35.3.